The van der Waals surface area contributed by atoms with Crippen molar-refractivity contribution in [3.63, 3.8) is 0 Å². The van der Waals surface area contributed by atoms with Crippen molar-refractivity contribution in [3.05, 3.63) is 144 Å². The van der Waals surface area contributed by atoms with E-state index in [1.807, 2.05) is 35.8 Å². The van der Waals surface area contributed by atoms with Crippen LogP contribution in [0.5, 0.6) is 34.5 Å². The second kappa shape index (κ2) is 21.6. The predicted octanol–water partition coefficient (Wildman–Crippen LogP) is 13.7. The van der Waals surface area contributed by atoms with E-state index >= 15 is 0 Å². The number of hydrogen-bond acceptors (Lipinski definition) is 10. The number of alkyl halides is 6. The number of aromatic carboxylic acids is 1. The fourth-order valence-electron chi connectivity index (χ4n) is 8.16. The number of nitrogens with one attached hydrogen (secondary N) is 2. The topological polar surface area (TPSA) is 151 Å². The number of imidazole rings is 2. The summed E-state index contributed by atoms with van der Waals surface area (Å²) in [4.78, 5) is 33.0. The average Bonchev–Trinajstić information content (AvgIpc) is 3.88. The van der Waals surface area contributed by atoms with Crippen LogP contribution in [-0.2, 0) is 0 Å². The molecule has 3 N–H and O–H groups in total. The van der Waals surface area contributed by atoms with Gasteiger partial charge in [-0.2, -0.15) is 26.3 Å². The van der Waals surface area contributed by atoms with Crippen molar-refractivity contribution in [2.24, 2.45) is 5.92 Å². The SMILES string of the molecule is COc1ccccc1Oc1cc(NCCC(F)(F)F)c2ncn(-c3ccc(C(=O)CC4CC4)c(C)c3)c2c1.COc1ccccc1Oc1cc(NCCC(F)(F)F)c2ncn(-c3ccc(C(=O)O)c(C)c3)c2c1. The Morgan fingerprint density at radius 1 is 0.616 bits per heavy atom. The molecule has 1 saturated carbocycles. The van der Waals surface area contributed by atoms with E-state index in [1.54, 1.807) is 96.7 Å². The Kier molecular flexibility index (Phi) is 15.2. The molecule has 0 bridgehead atoms. The molecule has 9 rings (SSSR count). The molecule has 2 aromatic heterocycles. The van der Waals surface area contributed by atoms with Crippen LogP contribution < -0.4 is 29.6 Å². The lowest BCUT2D eigenvalue weighted by atomic mass is 10.0. The number of rotatable bonds is 18. The van der Waals surface area contributed by atoms with Crippen LogP contribution >= 0.6 is 0 Å². The minimum absolute atomic E-state index is 0.149. The number of halogens is 6. The quantitative estimate of drug-likeness (QED) is 0.0556. The van der Waals surface area contributed by atoms with Crippen LogP contribution in [0.1, 0.15) is 63.9 Å². The molecule has 13 nitrogen and oxygen atoms in total. The van der Waals surface area contributed by atoms with E-state index in [0.717, 1.165) is 24.1 Å². The standard InChI is InChI=1S/C29H28F3N3O3.C25H22F3N3O4/c1-18-13-20(9-10-22(18)25(36)14-19-7-8-19)35-17-34-28-23(33-12-11-29(30,31)32)15-21(16-24(28)35)38-27-6-4-3-5-26(27)37-2;1-15-11-16(7-8-18(15)24(32)33)31-14-30-23-19(29-10-9-25(26,27)28)12-17(13-20(23)31)35-22-6-4-3-5-21(22)34-2/h3-6,9-10,13,15-17,19,33H,7-8,11-12,14H2,1-2H3;3-8,11-14,29H,9-10H2,1-2H3,(H,32,33). The molecule has 8 aromatic rings. The van der Waals surface area contributed by atoms with Crippen molar-refractivity contribution in [2.45, 2.75) is 58.3 Å². The van der Waals surface area contributed by atoms with E-state index in [1.165, 1.54) is 26.6 Å². The third-order valence-corrected chi connectivity index (χ3v) is 12.0. The molecule has 0 spiro atoms. The van der Waals surface area contributed by atoms with Gasteiger partial charge in [0.1, 0.15) is 35.2 Å². The van der Waals surface area contributed by atoms with E-state index in [-0.39, 0.29) is 24.4 Å². The summed E-state index contributed by atoms with van der Waals surface area (Å²) in [6, 6.07) is 31.3. The third-order valence-electron chi connectivity index (χ3n) is 12.0. The number of benzene rings is 6. The molecular formula is C54H50F6N6O7. The molecular weight excluding hydrogens is 959 g/mol. The molecule has 0 atom stereocenters. The fraction of sp³-hybridized carbons (Fsp3) is 0.259. The van der Waals surface area contributed by atoms with Crippen LogP contribution in [0.3, 0.4) is 0 Å². The number of aryl methyl sites for hydroxylation is 2. The number of fused-ring (bicyclic) bond motifs is 2. The number of Topliss-reactive ketones (excluding diaryl/α,β-unsaturated/α-hetero) is 1. The van der Waals surface area contributed by atoms with Gasteiger partial charge in [-0.05, 0) is 104 Å². The Balaban J connectivity index is 0.000000196. The van der Waals surface area contributed by atoms with Crippen LogP contribution in [-0.4, -0.2) is 75.6 Å². The zero-order valence-corrected chi connectivity index (χ0v) is 40.0. The number of nitrogens with zero attached hydrogens (tertiary/aromatic N) is 4. The number of methoxy groups -OCH3 is 2. The molecule has 19 heteroatoms. The van der Waals surface area contributed by atoms with Gasteiger partial charge in [-0.25, -0.2) is 14.8 Å². The van der Waals surface area contributed by atoms with Gasteiger partial charge in [0.2, 0.25) is 0 Å². The van der Waals surface area contributed by atoms with E-state index in [4.69, 9.17) is 18.9 Å². The molecule has 0 radical (unpaired) electrons. The van der Waals surface area contributed by atoms with Crippen LogP contribution in [0.25, 0.3) is 33.4 Å². The zero-order valence-electron chi connectivity index (χ0n) is 40.0. The highest BCUT2D eigenvalue weighted by Crippen LogP contribution is 2.39. The summed E-state index contributed by atoms with van der Waals surface area (Å²) in [5.41, 5.74) is 6.67. The van der Waals surface area contributed by atoms with E-state index in [2.05, 4.69) is 20.6 Å². The van der Waals surface area contributed by atoms with E-state index in [9.17, 15) is 41.0 Å². The summed E-state index contributed by atoms with van der Waals surface area (Å²) in [7, 11) is 3.04. The van der Waals surface area contributed by atoms with Gasteiger partial charge >= 0.3 is 18.3 Å². The molecule has 380 valence electrons. The lowest BCUT2D eigenvalue weighted by Crippen LogP contribution is -2.14. The van der Waals surface area contributed by atoms with Crippen molar-refractivity contribution in [1.29, 1.82) is 0 Å². The number of aromatic nitrogens is 4. The number of carbonyl (C=O) groups excluding carboxylic acids is 1. The molecule has 6 aromatic carbocycles. The Labute approximate surface area is 415 Å². The van der Waals surface area contributed by atoms with Crippen molar-refractivity contribution in [2.75, 3.05) is 37.9 Å². The highest BCUT2D eigenvalue weighted by molar-refractivity contribution is 5.98. The maximum Gasteiger partial charge on any atom is 0.390 e. The van der Waals surface area contributed by atoms with Crippen molar-refractivity contribution >= 4 is 45.2 Å². The number of ether oxygens (including phenoxy) is 4. The predicted molar refractivity (Wildman–Crippen MR) is 265 cm³/mol. The van der Waals surface area contributed by atoms with Gasteiger partial charge in [0, 0.05) is 60.7 Å². The number of hydrogen-bond donors (Lipinski definition) is 3. The van der Waals surface area contributed by atoms with Crippen molar-refractivity contribution in [1.82, 2.24) is 19.1 Å². The Morgan fingerprint density at radius 3 is 1.42 bits per heavy atom. The van der Waals surface area contributed by atoms with Gasteiger partial charge in [-0.3, -0.25) is 13.9 Å². The van der Waals surface area contributed by atoms with E-state index in [0.29, 0.717) is 97.1 Å². The Hall–Kier alpha value is -8.22. The highest BCUT2D eigenvalue weighted by atomic mass is 19.4. The van der Waals surface area contributed by atoms with Gasteiger partial charge in [0.05, 0.1) is 55.0 Å². The second-order valence-corrected chi connectivity index (χ2v) is 17.4. The van der Waals surface area contributed by atoms with Gasteiger partial charge < -0.3 is 34.7 Å². The number of carboxylic acid groups (broad SMARTS) is 1. The van der Waals surface area contributed by atoms with Gasteiger partial charge in [0.15, 0.2) is 28.8 Å². The zero-order chi connectivity index (χ0) is 52.0. The summed E-state index contributed by atoms with van der Waals surface area (Å²) in [6.07, 6.45) is -4.64. The summed E-state index contributed by atoms with van der Waals surface area (Å²) >= 11 is 0. The summed E-state index contributed by atoms with van der Waals surface area (Å²) in [5, 5.41) is 15.0. The van der Waals surface area contributed by atoms with Crippen LogP contribution in [0.2, 0.25) is 0 Å². The number of para-hydroxylation sites is 4. The molecule has 1 aliphatic carbocycles. The maximum absolute atomic E-state index is 12.8. The Morgan fingerprint density at radius 2 is 1.04 bits per heavy atom. The average molecular weight is 1010 g/mol. The first kappa shape index (κ1) is 51.1. The number of anilines is 2. The molecule has 0 amide bonds. The lowest BCUT2D eigenvalue weighted by molar-refractivity contribution is -0.132. The molecule has 73 heavy (non-hydrogen) atoms. The maximum atomic E-state index is 12.8. The number of carboxylic acids is 1. The second-order valence-electron chi connectivity index (χ2n) is 17.4. The normalized spacial score (nSPS) is 12.5. The van der Waals surface area contributed by atoms with Crippen molar-refractivity contribution < 1.29 is 60.0 Å². The van der Waals surface area contributed by atoms with Crippen LogP contribution in [0, 0.1) is 19.8 Å². The first-order valence-electron chi connectivity index (χ1n) is 23.1. The number of ketones is 1. The minimum atomic E-state index is -4.31. The molecule has 1 fully saturated rings. The van der Waals surface area contributed by atoms with Gasteiger partial charge in [-0.15, -0.1) is 0 Å². The summed E-state index contributed by atoms with van der Waals surface area (Å²) in [6.45, 7) is 2.95. The first-order chi connectivity index (χ1) is 34.9. The van der Waals surface area contributed by atoms with Gasteiger partial charge in [0.25, 0.3) is 0 Å². The summed E-state index contributed by atoms with van der Waals surface area (Å²) in [5.74, 6) is 2.30. The third kappa shape index (κ3) is 12.6. The van der Waals surface area contributed by atoms with Crippen molar-refractivity contribution in [3.8, 4) is 45.9 Å². The molecule has 2 heterocycles. The van der Waals surface area contributed by atoms with E-state index < -0.39 is 31.2 Å². The summed E-state index contributed by atoms with van der Waals surface area (Å²) < 4.78 is 103. The smallest absolute Gasteiger partial charge is 0.390 e. The fourth-order valence-corrected chi connectivity index (χ4v) is 8.16. The highest BCUT2D eigenvalue weighted by Gasteiger charge is 2.28. The molecule has 1 aliphatic rings. The van der Waals surface area contributed by atoms with Crippen LogP contribution in [0.4, 0.5) is 37.7 Å². The van der Waals surface area contributed by atoms with Gasteiger partial charge in [-0.1, -0.05) is 24.3 Å². The Bertz CT molecular complexity index is 3290. The minimum Gasteiger partial charge on any atom is -0.493 e. The first-order valence-corrected chi connectivity index (χ1v) is 23.1. The largest absolute Gasteiger partial charge is 0.493 e. The molecule has 0 unspecified atom stereocenters. The van der Waals surface area contributed by atoms with Crippen LogP contribution in [0.15, 0.2) is 122 Å². The number of carbonyl (C=O) groups is 2. The monoisotopic (exact) mass is 1010 g/mol. The molecule has 0 aliphatic heterocycles. The molecule has 0 saturated heterocycles. The lowest BCUT2D eigenvalue weighted by Gasteiger charge is -2.15.